The summed E-state index contributed by atoms with van der Waals surface area (Å²) in [6.45, 7) is 1.85. The van der Waals surface area contributed by atoms with Crippen molar-refractivity contribution >= 4 is 22.9 Å². The molecule has 122 valence electrons. The highest BCUT2D eigenvalue weighted by Crippen LogP contribution is 2.27. The Kier molecular flexibility index (Phi) is 3.94. The van der Waals surface area contributed by atoms with E-state index >= 15 is 0 Å². The molecule has 0 unspecified atom stereocenters. The fraction of sp³-hybridized carbons (Fsp3) is 0.263. The van der Waals surface area contributed by atoms with Crippen molar-refractivity contribution in [3.05, 3.63) is 58.3 Å². The van der Waals surface area contributed by atoms with E-state index in [0.29, 0.717) is 17.3 Å². The number of benzene rings is 1. The number of aryl methyl sites for hydroxylation is 3. The third-order valence-corrected chi connectivity index (χ3v) is 5.19. The van der Waals surface area contributed by atoms with E-state index < -0.39 is 0 Å². The number of aromatic nitrogens is 1. The molecule has 3 aromatic rings. The van der Waals surface area contributed by atoms with Crippen molar-refractivity contribution in [2.24, 2.45) is 0 Å². The highest BCUT2D eigenvalue weighted by molar-refractivity contribution is 7.13. The van der Waals surface area contributed by atoms with Gasteiger partial charge in [-0.2, -0.15) is 0 Å². The number of carbonyl (C=O) groups is 1. The third-order valence-electron chi connectivity index (χ3n) is 4.33. The summed E-state index contributed by atoms with van der Waals surface area (Å²) in [7, 11) is 0. The molecule has 0 atom stereocenters. The van der Waals surface area contributed by atoms with E-state index in [-0.39, 0.29) is 12.3 Å². The van der Waals surface area contributed by atoms with Gasteiger partial charge in [-0.1, -0.05) is 12.1 Å². The van der Waals surface area contributed by atoms with Crippen molar-refractivity contribution in [3.8, 4) is 10.8 Å². The van der Waals surface area contributed by atoms with Gasteiger partial charge in [0, 0.05) is 5.69 Å². The number of oxazole rings is 1. The van der Waals surface area contributed by atoms with Crippen molar-refractivity contribution in [3.63, 3.8) is 0 Å². The van der Waals surface area contributed by atoms with Gasteiger partial charge in [0.1, 0.15) is 5.76 Å². The SMILES string of the molecule is Cc1oc(-c2cccs2)nc1CC(=O)Nc1ccc2c(c1)CCC2. The fourth-order valence-corrected chi connectivity index (χ4v) is 3.75. The molecule has 4 nitrogen and oxygen atoms in total. The minimum Gasteiger partial charge on any atom is -0.440 e. The lowest BCUT2D eigenvalue weighted by molar-refractivity contribution is -0.115. The highest BCUT2D eigenvalue weighted by Gasteiger charge is 2.16. The molecular weight excluding hydrogens is 320 g/mol. The van der Waals surface area contributed by atoms with E-state index in [4.69, 9.17) is 4.42 Å². The molecule has 1 N–H and O–H groups in total. The van der Waals surface area contributed by atoms with Crippen LogP contribution in [0.1, 0.15) is 29.0 Å². The second kappa shape index (κ2) is 6.24. The molecule has 1 aliphatic carbocycles. The van der Waals surface area contributed by atoms with E-state index in [2.05, 4.69) is 22.4 Å². The molecule has 5 heteroatoms. The summed E-state index contributed by atoms with van der Waals surface area (Å²) < 4.78 is 5.69. The van der Waals surface area contributed by atoms with Crippen LogP contribution < -0.4 is 5.32 Å². The number of hydrogen-bond donors (Lipinski definition) is 1. The molecule has 0 radical (unpaired) electrons. The number of fused-ring (bicyclic) bond motifs is 1. The van der Waals surface area contributed by atoms with Crippen LogP contribution in [0.3, 0.4) is 0 Å². The Morgan fingerprint density at radius 2 is 2.17 bits per heavy atom. The fourth-order valence-electron chi connectivity index (χ4n) is 3.10. The van der Waals surface area contributed by atoms with Crippen LogP contribution in [-0.4, -0.2) is 10.9 Å². The first-order valence-corrected chi connectivity index (χ1v) is 8.99. The van der Waals surface area contributed by atoms with Crippen molar-refractivity contribution in [2.75, 3.05) is 5.32 Å². The molecule has 0 bridgehead atoms. The maximum atomic E-state index is 12.3. The maximum absolute atomic E-state index is 12.3. The summed E-state index contributed by atoms with van der Waals surface area (Å²) in [5.74, 6) is 1.22. The number of hydrogen-bond acceptors (Lipinski definition) is 4. The number of nitrogens with one attached hydrogen (secondary N) is 1. The normalized spacial score (nSPS) is 13.0. The minimum atomic E-state index is -0.0675. The predicted octanol–water partition coefficient (Wildman–Crippen LogP) is 4.38. The van der Waals surface area contributed by atoms with Crippen LogP contribution in [0, 0.1) is 6.92 Å². The van der Waals surface area contributed by atoms with Crippen LogP contribution in [0.25, 0.3) is 10.8 Å². The zero-order valence-corrected chi connectivity index (χ0v) is 14.3. The number of anilines is 1. The second-order valence-electron chi connectivity index (χ2n) is 6.06. The van der Waals surface area contributed by atoms with Gasteiger partial charge in [0.25, 0.3) is 0 Å². The first-order chi connectivity index (χ1) is 11.7. The largest absolute Gasteiger partial charge is 0.440 e. The number of rotatable bonds is 4. The van der Waals surface area contributed by atoms with E-state index in [0.717, 1.165) is 23.4 Å². The molecule has 0 aliphatic heterocycles. The van der Waals surface area contributed by atoms with Gasteiger partial charge < -0.3 is 9.73 Å². The van der Waals surface area contributed by atoms with E-state index in [1.54, 1.807) is 11.3 Å². The Morgan fingerprint density at radius 3 is 3.00 bits per heavy atom. The van der Waals surface area contributed by atoms with Crippen LogP contribution in [0.4, 0.5) is 5.69 Å². The summed E-state index contributed by atoms with van der Waals surface area (Å²) >= 11 is 1.57. The Labute approximate surface area is 144 Å². The van der Waals surface area contributed by atoms with Gasteiger partial charge in [0.15, 0.2) is 0 Å². The molecule has 1 aromatic carbocycles. The summed E-state index contributed by atoms with van der Waals surface area (Å²) in [5, 5.41) is 4.95. The monoisotopic (exact) mass is 338 g/mol. The molecule has 24 heavy (non-hydrogen) atoms. The van der Waals surface area contributed by atoms with E-state index in [1.165, 1.54) is 17.5 Å². The average molecular weight is 338 g/mol. The first kappa shape index (κ1) is 15.1. The first-order valence-electron chi connectivity index (χ1n) is 8.11. The Morgan fingerprint density at radius 1 is 1.29 bits per heavy atom. The third kappa shape index (κ3) is 2.99. The summed E-state index contributed by atoms with van der Waals surface area (Å²) in [6.07, 6.45) is 3.67. The van der Waals surface area contributed by atoms with Crippen molar-refractivity contribution < 1.29 is 9.21 Å². The number of amides is 1. The van der Waals surface area contributed by atoms with Crippen molar-refractivity contribution in [2.45, 2.75) is 32.6 Å². The molecule has 4 rings (SSSR count). The van der Waals surface area contributed by atoms with Crippen LogP contribution in [0.15, 0.2) is 40.1 Å². The van der Waals surface area contributed by atoms with Crippen LogP contribution in [0.5, 0.6) is 0 Å². The molecule has 0 saturated heterocycles. The van der Waals surface area contributed by atoms with E-state index in [1.807, 2.05) is 30.5 Å². The molecule has 0 spiro atoms. The number of thiophene rings is 1. The lowest BCUT2D eigenvalue weighted by Crippen LogP contribution is -2.15. The molecule has 1 aliphatic rings. The van der Waals surface area contributed by atoms with Crippen molar-refractivity contribution in [1.29, 1.82) is 0 Å². The molecular formula is C19H18N2O2S. The van der Waals surface area contributed by atoms with Gasteiger partial charge in [0.05, 0.1) is 17.0 Å². The van der Waals surface area contributed by atoms with Gasteiger partial charge >= 0.3 is 0 Å². The zero-order valence-electron chi connectivity index (χ0n) is 13.5. The van der Waals surface area contributed by atoms with Crippen molar-refractivity contribution in [1.82, 2.24) is 4.98 Å². The van der Waals surface area contributed by atoms with Crippen LogP contribution in [-0.2, 0) is 24.1 Å². The number of carbonyl (C=O) groups excluding carboxylic acids is 1. The molecule has 0 fully saturated rings. The second-order valence-corrected chi connectivity index (χ2v) is 7.01. The molecule has 2 aromatic heterocycles. The van der Waals surface area contributed by atoms with E-state index in [9.17, 15) is 4.79 Å². The zero-order chi connectivity index (χ0) is 16.5. The summed E-state index contributed by atoms with van der Waals surface area (Å²) in [4.78, 5) is 17.8. The Balaban J connectivity index is 1.46. The Bertz CT molecular complexity index is 881. The maximum Gasteiger partial charge on any atom is 0.236 e. The Hall–Kier alpha value is -2.40. The lowest BCUT2D eigenvalue weighted by Gasteiger charge is -2.06. The lowest BCUT2D eigenvalue weighted by atomic mass is 10.1. The highest BCUT2D eigenvalue weighted by atomic mass is 32.1. The molecule has 0 saturated carbocycles. The molecule has 1 amide bonds. The topological polar surface area (TPSA) is 55.1 Å². The minimum absolute atomic E-state index is 0.0675. The van der Waals surface area contributed by atoms with Gasteiger partial charge in [-0.25, -0.2) is 4.98 Å². The van der Waals surface area contributed by atoms with Gasteiger partial charge in [0.2, 0.25) is 11.8 Å². The van der Waals surface area contributed by atoms with Gasteiger partial charge in [-0.15, -0.1) is 11.3 Å². The van der Waals surface area contributed by atoms with Gasteiger partial charge in [-0.3, -0.25) is 4.79 Å². The quantitative estimate of drug-likeness (QED) is 0.768. The van der Waals surface area contributed by atoms with Crippen LogP contribution in [0.2, 0.25) is 0 Å². The molecule has 2 heterocycles. The average Bonchev–Trinajstić information content (AvgIpc) is 3.28. The summed E-state index contributed by atoms with van der Waals surface area (Å²) in [5.41, 5.74) is 4.31. The van der Waals surface area contributed by atoms with Gasteiger partial charge in [-0.05, 0) is 60.9 Å². The van der Waals surface area contributed by atoms with Crippen LogP contribution >= 0.6 is 11.3 Å². The smallest absolute Gasteiger partial charge is 0.236 e. The summed E-state index contributed by atoms with van der Waals surface area (Å²) in [6, 6.07) is 10.1. The predicted molar refractivity (Wildman–Crippen MR) is 95.4 cm³/mol. The number of nitrogens with zero attached hydrogens (tertiary/aromatic N) is 1. The standard InChI is InChI=1S/C19H18N2O2S/c1-12-16(21-19(23-12)17-6-3-9-24-17)11-18(22)20-15-8-7-13-4-2-5-14(13)10-15/h3,6-10H,2,4-5,11H2,1H3,(H,20,22).